The van der Waals surface area contributed by atoms with Gasteiger partial charge in [-0.05, 0) is 38.9 Å². The smallest absolute Gasteiger partial charge is 0.322 e. The van der Waals surface area contributed by atoms with Crippen molar-refractivity contribution in [3.8, 4) is 5.75 Å². The van der Waals surface area contributed by atoms with Crippen molar-refractivity contribution in [1.82, 2.24) is 0 Å². The molecule has 1 aromatic carbocycles. The highest BCUT2D eigenvalue weighted by Crippen LogP contribution is 2.48. The second-order valence-corrected chi connectivity index (χ2v) is 13.4. The van der Waals surface area contributed by atoms with Crippen molar-refractivity contribution in [3.05, 3.63) is 53.1 Å². The van der Waals surface area contributed by atoms with Gasteiger partial charge in [0.25, 0.3) is 0 Å². The normalized spacial score (nSPS) is 22.5. The summed E-state index contributed by atoms with van der Waals surface area (Å²) in [7, 11) is 0. The Balaban J connectivity index is 2.46. The zero-order valence-electron chi connectivity index (χ0n) is 22.3. The monoisotopic (exact) mass is 440 g/mol. The Morgan fingerprint density at radius 2 is 1.44 bits per heavy atom. The van der Waals surface area contributed by atoms with Crippen LogP contribution in [0.25, 0.3) is 0 Å². The molecule has 178 valence electrons. The molecule has 2 atom stereocenters. The number of carbonyl (C=O) groups excluding carboxylic acids is 1. The predicted molar refractivity (Wildman–Crippen MR) is 134 cm³/mol. The number of hydrogen-bond acceptors (Lipinski definition) is 3. The van der Waals surface area contributed by atoms with Crippen molar-refractivity contribution in [2.75, 3.05) is 0 Å². The Kier molecular flexibility index (Phi) is 6.73. The second kappa shape index (κ2) is 8.17. The summed E-state index contributed by atoms with van der Waals surface area (Å²) in [5, 5.41) is 11.5. The Hall–Kier alpha value is -1.87. The van der Waals surface area contributed by atoms with Crippen molar-refractivity contribution >= 4 is 5.97 Å². The first kappa shape index (κ1) is 26.4. The third-order valence-corrected chi connectivity index (χ3v) is 6.39. The molecule has 0 saturated carbocycles. The van der Waals surface area contributed by atoms with Crippen LogP contribution in [0.4, 0.5) is 0 Å². The molecule has 2 rings (SSSR count). The van der Waals surface area contributed by atoms with Crippen molar-refractivity contribution in [2.45, 2.75) is 99.5 Å². The van der Waals surface area contributed by atoms with E-state index >= 15 is 0 Å². The molecule has 0 radical (unpaired) electrons. The first-order valence-electron chi connectivity index (χ1n) is 11.7. The van der Waals surface area contributed by atoms with E-state index in [0.717, 1.165) is 11.1 Å². The summed E-state index contributed by atoms with van der Waals surface area (Å²) < 4.78 is 5.98. The molecule has 0 aliphatic heterocycles. The van der Waals surface area contributed by atoms with E-state index in [1.54, 1.807) is 12.2 Å². The standard InChI is InChI=1S/C29H44O3/c1-25(2,3)20-13-14-22(21(18-20)26(4,5)6)32-24(30)19-15-16-29(31,28(10,11)12)23(17-19)27(7,8)9/h13-19,31H,1-12H3. The quantitative estimate of drug-likeness (QED) is 0.302. The first-order valence-corrected chi connectivity index (χ1v) is 11.7. The zero-order chi connectivity index (χ0) is 24.9. The summed E-state index contributed by atoms with van der Waals surface area (Å²) in [5.74, 6) is -0.263. The van der Waals surface area contributed by atoms with E-state index in [-0.39, 0.29) is 22.2 Å². The van der Waals surface area contributed by atoms with Crippen molar-refractivity contribution in [1.29, 1.82) is 0 Å². The van der Waals surface area contributed by atoms with Crippen LogP contribution in [0, 0.1) is 16.7 Å². The van der Waals surface area contributed by atoms with E-state index in [1.165, 1.54) is 5.56 Å². The Bertz CT molecular complexity index is 921. The van der Waals surface area contributed by atoms with E-state index in [0.29, 0.717) is 5.75 Å². The highest BCUT2D eigenvalue weighted by atomic mass is 16.5. The summed E-state index contributed by atoms with van der Waals surface area (Å²) in [4.78, 5) is 13.3. The number of aliphatic hydroxyl groups is 1. The Labute approximate surface area is 196 Å². The minimum absolute atomic E-state index is 0.0103. The van der Waals surface area contributed by atoms with Gasteiger partial charge in [0.05, 0.1) is 5.92 Å². The number of hydrogen-bond donors (Lipinski definition) is 1. The molecule has 0 amide bonds. The van der Waals surface area contributed by atoms with E-state index in [2.05, 4.69) is 68.4 Å². The molecule has 3 nitrogen and oxygen atoms in total. The summed E-state index contributed by atoms with van der Waals surface area (Å²) >= 11 is 0. The van der Waals surface area contributed by atoms with Crippen molar-refractivity contribution in [3.63, 3.8) is 0 Å². The van der Waals surface area contributed by atoms with Crippen LogP contribution < -0.4 is 4.74 Å². The van der Waals surface area contributed by atoms with Crippen LogP contribution in [-0.2, 0) is 15.6 Å². The van der Waals surface area contributed by atoms with Crippen molar-refractivity contribution in [2.24, 2.45) is 16.7 Å². The molecule has 1 aliphatic carbocycles. The lowest BCUT2D eigenvalue weighted by atomic mass is 9.62. The third kappa shape index (κ3) is 5.36. The third-order valence-electron chi connectivity index (χ3n) is 6.39. The van der Waals surface area contributed by atoms with E-state index in [1.807, 2.05) is 39.0 Å². The van der Waals surface area contributed by atoms with Gasteiger partial charge in [0.15, 0.2) is 0 Å². The summed E-state index contributed by atoms with van der Waals surface area (Å²) in [6, 6.07) is 6.13. The second-order valence-electron chi connectivity index (χ2n) is 13.4. The minimum Gasteiger partial charge on any atom is -0.426 e. The average molecular weight is 441 g/mol. The topological polar surface area (TPSA) is 46.5 Å². The lowest BCUT2D eigenvalue weighted by molar-refractivity contribution is -0.136. The minimum atomic E-state index is -1.12. The lowest BCUT2D eigenvalue weighted by Gasteiger charge is -2.46. The molecule has 0 saturated heterocycles. The molecule has 0 fully saturated rings. The maximum Gasteiger partial charge on any atom is 0.322 e. The molecule has 1 N–H and O–H groups in total. The van der Waals surface area contributed by atoms with Crippen LogP contribution in [0.15, 0.2) is 42.0 Å². The van der Waals surface area contributed by atoms with Crippen LogP contribution in [0.3, 0.4) is 0 Å². The summed E-state index contributed by atoms with van der Waals surface area (Å²) in [6.07, 6.45) is 5.46. The molecule has 1 aromatic rings. The zero-order valence-corrected chi connectivity index (χ0v) is 22.3. The van der Waals surface area contributed by atoms with E-state index < -0.39 is 16.9 Å². The maximum atomic E-state index is 13.3. The average Bonchev–Trinajstić information content (AvgIpc) is 2.58. The molecule has 1 aliphatic rings. The van der Waals surface area contributed by atoms with E-state index in [9.17, 15) is 9.90 Å². The SMILES string of the molecule is CC(C)(C)C1=CC(C(=O)Oc2ccc(C(C)(C)C)cc2C(C)(C)C)C=CC1(O)C(C)(C)C. The lowest BCUT2D eigenvalue weighted by Crippen LogP contribution is -2.48. The largest absolute Gasteiger partial charge is 0.426 e. The van der Waals surface area contributed by atoms with Crippen LogP contribution >= 0.6 is 0 Å². The summed E-state index contributed by atoms with van der Waals surface area (Å²) in [5.41, 5.74) is 1.10. The van der Waals surface area contributed by atoms with Gasteiger partial charge in [-0.2, -0.15) is 0 Å². The molecule has 0 bridgehead atoms. The van der Waals surface area contributed by atoms with Gasteiger partial charge in [-0.3, -0.25) is 4.79 Å². The van der Waals surface area contributed by atoms with Gasteiger partial charge < -0.3 is 9.84 Å². The van der Waals surface area contributed by atoms with Gasteiger partial charge in [0.1, 0.15) is 11.4 Å². The van der Waals surface area contributed by atoms with Gasteiger partial charge in [-0.1, -0.05) is 113 Å². The molecule has 0 spiro atoms. The van der Waals surface area contributed by atoms with Crippen LogP contribution in [-0.4, -0.2) is 16.7 Å². The maximum absolute atomic E-state index is 13.3. The fourth-order valence-corrected chi connectivity index (χ4v) is 4.17. The molecular formula is C29H44O3. The number of benzene rings is 1. The van der Waals surface area contributed by atoms with Gasteiger partial charge in [0.2, 0.25) is 0 Å². The molecule has 3 heteroatoms. The predicted octanol–water partition coefficient (Wildman–Crippen LogP) is 7.12. The molecule has 32 heavy (non-hydrogen) atoms. The molecule has 0 heterocycles. The van der Waals surface area contributed by atoms with Gasteiger partial charge >= 0.3 is 5.97 Å². The first-order chi connectivity index (χ1) is 14.2. The molecule has 2 unspecified atom stereocenters. The van der Waals surface area contributed by atoms with Crippen LogP contribution in [0.5, 0.6) is 5.75 Å². The number of carbonyl (C=O) groups is 1. The fourth-order valence-electron chi connectivity index (χ4n) is 4.17. The van der Waals surface area contributed by atoms with Crippen LogP contribution in [0.1, 0.15) is 94.2 Å². The van der Waals surface area contributed by atoms with Gasteiger partial charge in [-0.15, -0.1) is 0 Å². The van der Waals surface area contributed by atoms with Gasteiger partial charge in [0, 0.05) is 5.56 Å². The Morgan fingerprint density at radius 1 is 0.875 bits per heavy atom. The number of ether oxygens (including phenoxy) is 1. The van der Waals surface area contributed by atoms with Gasteiger partial charge in [-0.25, -0.2) is 0 Å². The highest BCUT2D eigenvalue weighted by Gasteiger charge is 2.47. The molecular weight excluding hydrogens is 396 g/mol. The number of esters is 1. The Morgan fingerprint density at radius 3 is 1.88 bits per heavy atom. The highest BCUT2D eigenvalue weighted by molar-refractivity contribution is 5.80. The molecule has 0 aromatic heterocycles. The number of rotatable bonds is 2. The van der Waals surface area contributed by atoms with Crippen LogP contribution in [0.2, 0.25) is 0 Å². The fraction of sp³-hybridized carbons (Fsp3) is 0.621. The summed E-state index contributed by atoms with van der Waals surface area (Å²) in [6.45, 7) is 25.2. The van der Waals surface area contributed by atoms with Crippen molar-refractivity contribution < 1.29 is 14.6 Å². The van der Waals surface area contributed by atoms with E-state index in [4.69, 9.17) is 4.74 Å².